The lowest BCUT2D eigenvalue weighted by Gasteiger charge is -2.35. The van der Waals surface area contributed by atoms with Crippen LogP contribution in [0.25, 0.3) is 11.6 Å². The molecule has 0 saturated carbocycles. The number of carbonyl (C=O) groups is 1. The van der Waals surface area contributed by atoms with Gasteiger partial charge >= 0.3 is 0 Å². The summed E-state index contributed by atoms with van der Waals surface area (Å²) in [4.78, 5) is 27.4. The largest absolute Gasteiger partial charge is 0.337 e. The molecule has 3 rings (SSSR count). The zero-order chi connectivity index (χ0) is 16.9. The highest BCUT2D eigenvalue weighted by molar-refractivity contribution is 5.79. The molecular weight excluding hydrogens is 306 g/mol. The zero-order valence-corrected chi connectivity index (χ0v) is 14.2. The van der Waals surface area contributed by atoms with Gasteiger partial charge in [0.15, 0.2) is 0 Å². The lowest BCUT2D eigenvalue weighted by molar-refractivity contribution is -0.139. The molecule has 0 spiro atoms. The van der Waals surface area contributed by atoms with Crippen LogP contribution in [0.3, 0.4) is 0 Å². The molecule has 0 aromatic carbocycles. The summed E-state index contributed by atoms with van der Waals surface area (Å²) in [7, 11) is 0. The maximum Gasteiger partial charge on any atom is 0.249 e. The third-order valence-electron chi connectivity index (χ3n) is 4.42. The molecule has 2 unspecified atom stereocenters. The van der Waals surface area contributed by atoms with Gasteiger partial charge in [0.1, 0.15) is 6.04 Å². The second-order valence-corrected chi connectivity index (χ2v) is 6.26. The summed E-state index contributed by atoms with van der Waals surface area (Å²) in [6.07, 6.45) is 8.10. The van der Waals surface area contributed by atoms with Gasteiger partial charge in [0.25, 0.3) is 0 Å². The lowest BCUT2D eigenvalue weighted by Crippen LogP contribution is -2.41. The van der Waals surface area contributed by atoms with Crippen molar-refractivity contribution in [3.05, 3.63) is 24.4 Å². The highest BCUT2D eigenvalue weighted by Gasteiger charge is 2.34. The number of hydrogen-bond donors (Lipinski definition) is 0. The number of aromatic nitrogens is 4. The predicted octanol–water partition coefficient (Wildman–Crippen LogP) is 3.02. The predicted molar refractivity (Wildman–Crippen MR) is 87.7 cm³/mol. The number of hydrogen-bond acceptors (Lipinski definition) is 6. The lowest BCUT2D eigenvalue weighted by atomic mass is 9.97. The summed E-state index contributed by atoms with van der Waals surface area (Å²) in [5.74, 6) is 1.48. The molecule has 1 saturated heterocycles. The van der Waals surface area contributed by atoms with E-state index in [2.05, 4.69) is 27.0 Å². The molecule has 1 amide bonds. The quantitative estimate of drug-likeness (QED) is 0.838. The first-order valence-electron chi connectivity index (χ1n) is 8.62. The van der Waals surface area contributed by atoms with Crippen LogP contribution >= 0.6 is 0 Å². The molecule has 7 nitrogen and oxygen atoms in total. The van der Waals surface area contributed by atoms with Crippen LogP contribution in [0.15, 0.2) is 23.0 Å². The molecule has 0 bridgehead atoms. The maximum absolute atomic E-state index is 12.8. The van der Waals surface area contributed by atoms with E-state index in [1.807, 2.05) is 11.8 Å². The first-order chi connectivity index (χ1) is 11.7. The van der Waals surface area contributed by atoms with E-state index in [1.165, 1.54) is 0 Å². The third-order valence-corrected chi connectivity index (χ3v) is 4.42. The number of likely N-dealkylation sites (tertiary alicyclic amines) is 1. The molecular formula is C17H23N5O2. The molecule has 0 aliphatic carbocycles. The Labute approximate surface area is 141 Å². The Hall–Kier alpha value is -2.31. The van der Waals surface area contributed by atoms with Gasteiger partial charge in [-0.2, -0.15) is 4.98 Å². The Morgan fingerprint density at radius 1 is 1.33 bits per heavy atom. The normalized spacial score (nSPS) is 19.2. The molecule has 2 aromatic heterocycles. The van der Waals surface area contributed by atoms with E-state index in [1.54, 1.807) is 18.5 Å². The Bertz CT molecular complexity index is 673. The van der Waals surface area contributed by atoms with Crippen molar-refractivity contribution in [2.45, 2.75) is 52.0 Å². The van der Waals surface area contributed by atoms with Crippen LogP contribution in [0, 0.1) is 5.92 Å². The summed E-state index contributed by atoms with van der Waals surface area (Å²) in [6, 6.07) is 1.59. The summed E-state index contributed by atoms with van der Waals surface area (Å²) in [6.45, 7) is 4.84. The van der Waals surface area contributed by atoms with Crippen molar-refractivity contribution in [2.24, 2.45) is 5.92 Å². The van der Waals surface area contributed by atoms with Gasteiger partial charge in [0, 0.05) is 24.9 Å². The molecule has 2 atom stereocenters. The first-order valence-corrected chi connectivity index (χ1v) is 8.62. The Morgan fingerprint density at radius 3 is 2.88 bits per heavy atom. The first kappa shape index (κ1) is 16.5. The van der Waals surface area contributed by atoms with Gasteiger partial charge in [-0.05, 0) is 31.7 Å². The monoisotopic (exact) mass is 329 g/mol. The van der Waals surface area contributed by atoms with Crippen LogP contribution in [0.2, 0.25) is 0 Å². The van der Waals surface area contributed by atoms with Crippen molar-refractivity contribution in [1.29, 1.82) is 0 Å². The smallest absolute Gasteiger partial charge is 0.249 e. The van der Waals surface area contributed by atoms with Crippen molar-refractivity contribution in [3.8, 4) is 11.6 Å². The minimum Gasteiger partial charge on any atom is -0.337 e. The molecule has 0 radical (unpaired) electrons. The molecule has 1 aliphatic heterocycles. The topological polar surface area (TPSA) is 85.0 Å². The molecule has 2 aromatic rings. The molecule has 3 heterocycles. The highest BCUT2D eigenvalue weighted by Crippen LogP contribution is 2.32. The molecule has 7 heteroatoms. The SMILES string of the molecule is CCCC(C)C(=O)N1CCCCC1c1nc(-c2ncccn2)no1. The van der Waals surface area contributed by atoms with E-state index in [0.717, 1.165) is 38.6 Å². The van der Waals surface area contributed by atoms with E-state index in [-0.39, 0.29) is 17.9 Å². The van der Waals surface area contributed by atoms with E-state index >= 15 is 0 Å². The fraction of sp³-hybridized carbons (Fsp3) is 0.588. The second kappa shape index (κ2) is 7.51. The van der Waals surface area contributed by atoms with Gasteiger partial charge in [-0.3, -0.25) is 4.79 Å². The average molecular weight is 329 g/mol. The van der Waals surface area contributed by atoms with Gasteiger partial charge in [-0.25, -0.2) is 9.97 Å². The van der Waals surface area contributed by atoms with Crippen LogP contribution < -0.4 is 0 Å². The van der Waals surface area contributed by atoms with Crippen molar-refractivity contribution < 1.29 is 9.32 Å². The van der Waals surface area contributed by atoms with Crippen molar-refractivity contribution in [1.82, 2.24) is 25.0 Å². The summed E-state index contributed by atoms with van der Waals surface area (Å²) in [5.41, 5.74) is 0. The standard InChI is InChI=1S/C17H23N5O2/c1-3-7-12(2)17(23)22-11-5-4-8-13(22)16-20-15(21-24-16)14-18-9-6-10-19-14/h6,9-10,12-13H,3-5,7-8,11H2,1-2H3. The van der Waals surface area contributed by atoms with Gasteiger partial charge in [-0.15, -0.1) is 0 Å². The zero-order valence-electron chi connectivity index (χ0n) is 14.2. The van der Waals surface area contributed by atoms with Crippen molar-refractivity contribution in [3.63, 3.8) is 0 Å². The summed E-state index contributed by atoms with van der Waals surface area (Å²) in [5, 5.41) is 3.99. The molecule has 1 aliphatic rings. The van der Waals surface area contributed by atoms with Gasteiger partial charge in [0.05, 0.1) is 0 Å². The molecule has 128 valence electrons. The molecule has 24 heavy (non-hydrogen) atoms. The Balaban J connectivity index is 1.81. The van der Waals surface area contributed by atoms with E-state index in [0.29, 0.717) is 17.5 Å². The fourth-order valence-corrected chi connectivity index (χ4v) is 3.17. The van der Waals surface area contributed by atoms with E-state index in [4.69, 9.17) is 4.52 Å². The van der Waals surface area contributed by atoms with Gasteiger partial charge in [0.2, 0.25) is 23.4 Å². The second-order valence-electron chi connectivity index (χ2n) is 6.26. The van der Waals surface area contributed by atoms with E-state index in [9.17, 15) is 4.79 Å². The number of carbonyl (C=O) groups excluding carboxylic acids is 1. The summed E-state index contributed by atoms with van der Waals surface area (Å²) < 4.78 is 5.44. The maximum atomic E-state index is 12.8. The Kier molecular flexibility index (Phi) is 5.17. The highest BCUT2D eigenvalue weighted by atomic mass is 16.5. The van der Waals surface area contributed by atoms with Crippen LogP contribution in [0.5, 0.6) is 0 Å². The number of piperidine rings is 1. The van der Waals surface area contributed by atoms with Crippen molar-refractivity contribution >= 4 is 5.91 Å². The summed E-state index contributed by atoms with van der Waals surface area (Å²) >= 11 is 0. The number of rotatable bonds is 5. The van der Waals surface area contributed by atoms with Crippen LogP contribution in [-0.4, -0.2) is 37.5 Å². The average Bonchev–Trinajstić information content (AvgIpc) is 3.12. The number of nitrogens with zero attached hydrogens (tertiary/aromatic N) is 5. The molecule has 0 N–H and O–H groups in total. The third kappa shape index (κ3) is 3.44. The van der Waals surface area contributed by atoms with Gasteiger partial charge in [-0.1, -0.05) is 25.4 Å². The fourth-order valence-electron chi connectivity index (χ4n) is 3.17. The van der Waals surface area contributed by atoms with E-state index < -0.39 is 0 Å². The minimum absolute atomic E-state index is 0.0236. The van der Waals surface area contributed by atoms with Gasteiger partial charge < -0.3 is 9.42 Å². The molecule has 1 fully saturated rings. The Morgan fingerprint density at radius 2 is 2.12 bits per heavy atom. The number of amides is 1. The van der Waals surface area contributed by atoms with Crippen LogP contribution in [-0.2, 0) is 4.79 Å². The van der Waals surface area contributed by atoms with Crippen LogP contribution in [0.1, 0.15) is 57.9 Å². The van der Waals surface area contributed by atoms with Crippen LogP contribution in [0.4, 0.5) is 0 Å². The minimum atomic E-state index is -0.143. The van der Waals surface area contributed by atoms with Crippen molar-refractivity contribution in [2.75, 3.05) is 6.54 Å².